The first kappa shape index (κ1) is 34.6. The van der Waals surface area contributed by atoms with Crippen LogP contribution in [0.25, 0.3) is 0 Å². The van der Waals surface area contributed by atoms with Gasteiger partial charge in [0.15, 0.2) is 0 Å². The van der Waals surface area contributed by atoms with Crippen molar-refractivity contribution >= 4 is 22.0 Å². The minimum absolute atomic E-state index is 0.162. The SMILES string of the molecule is COC(=O)N1CCN(CC(=O)N(CC(C)C)C2CCN(CC[C@@H](c3cccc(F)c3)C3CCN(S(C)(=O)=O)CC3)CC2)CC1. The Balaban J connectivity index is 1.31. The number of halogens is 1. The first-order chi connectivity index (χ1) is 20.9. The number of piperazine rings is 1. The Labute approximate surface area is 263 Å². The molecule has 248 valence electrons. The number of nitrogens with zero attached hydrogens (tertiary/aromatic N) is 5. The van der Waals surface area contributed by atoms with E-state index >= 15 is 0 Å². The molecule has 1 aromatic rings. The lowest BCUT2D eigenvalue weighted by molar-refractivity contribution is -0.136. The third-order valence-electron chi connectivity index (χ3n) is 9.61. The van der Waals surface area contributed by atoms with Gasteiger partial charge in [-0.2, -0.15) is 0 Å². The van der Waals surface area contributed by atoms with Gasteiger partial charge in [0.1, 0.15) is 5.82 Å². The van der Waals surface area contributed by atoms with Crippen LogP contribution in [0.2, 0.25) is 0 Å². The fraction of sp³-hybridized carbons (Fsp3) is 0.750. The number of amides is 2. The van der Waals surface area contributed by atoms with Gasteiger partial charge in [0.25, 0.3) is 0 Å². The normalized spacial score (nSPS) is 21.0. The minimum atomic E-state index is -3.20. The van der Waals surface area contributed by atoms with Crippen LogP contribution in [0, 0.1) is 17.7 Å². The van der Waals surface area contributed by atoms with Gasteiger partial charge in [-0.3, -0.25) is 9.69 Å². The lowest BCUT2D eigenvalue weighted by atomic mass is 9.78. The Morgan fingerprint density at radius 3 is 2.20 bits per heavy atom. The van der Waals surface area contributed by atoms with Gasteiger partial charge in [0.05, 0.1) is 19.9 Å². The quantitative estimate of drug-likeness (QED) is 0.368. The molecule has 0 radical (unpaired) electrons. The van der Waals surface area contributed by atoms with Gasteiger partial charge >= 0.3 is 6.09 Å². The van der Waals surface area contributed by atoms with Crippen molar-refractivity contribution in [2.75, 3.05) is 85.4 Å². The summed E-state index contributed by atoms with van der Waals surface area (Å²) in [5, 5.41) is 0. The maximum atomic E-state index is 14.2. The summed E-state index contributed by atoms with van der Waals surface area (Å²) in [6, 6.07) is 7.10. The summed E-state index contributed by atoms with van der Waals surface area (Å²) >= 11 is 0. The molecule has 0 unspecified atom stereocenters. The van der Waals surface area contributed by atoms with E-state index in [1.165, 1.54) is 19.4 Å². The molecule has 12 heteroatoms. The average Bonchev–Trinajstić information content (AvgIpc) is 3.00. The van der Waals surface area contributed by atoms with E-state index in [1.54, 1.807) is 21.3 Å². The summed E-state index contributed by atoms with van der Waals surface area (Å²) in [5.74, 6) is 0.775. The molecule has 2 amide bonds. The Bertz CT molecular complexity index is 1190. The zero-order valence-electron chi connectivity index (χ0n) is 27.0. The first-order valence-electron chi connectivity index (χ1n) is 16.2. The van der Waals surface area contributed by atoms with Crippen molar-refractivity contribution in [2.24, 2.45) is 11.8 Å². The number of methoxy groups -OCH3 is 1. The fourth-order valence-electron chi connectivity index (χ4n) is 7.15. The highest BCUT2D eigenvalue weighted by Crippen LogP contribution is 2.36. The number of ether oxygens (including phenoxy) is 1. The molecule has 1 aromatic carbocycles. The van der Waals surface area contributed by atoms with Crippen LogP contribution in [0.15, 0.2) is 24.3 Å². The van der Waals surface area contributed by atoms with Gasteiger partial charge in [0.2, 0.25) is 15.9 Å². The average molecular weight is 638 g/mol. The summed E-state index contributed by atoms with van der Waals surface area (Å²) in [5.41, 5.74) is 0.999. The topological polar surface area (TPSA) is 93.7 Å². The van der Waals surface area contributed by atoms with Crippen molar-refractivity contribution in [3.8, 4) is 0 Å². The van der Waals surface area contributed by atoms with E-state index in [0.717, 1.165) is 63.8 Å². The van der Waals surface area contributed by atoms with Crippen LogP contribution in [0.5, 0.6) is 0 Å². The number of hydrogen-bond donors (Lipinski definition) is 0. The fourth-order valence-corrected chi connectivity index (χ4v) is 8.02. The van der Waals surface area contributed by atoms with Gasteiger partial charge in [-0.05, 0) is 74.1 Å². The molecular weight excluding hydrogens is 585 g/mol. The molecular formula is C32H52FN5O5S. The number of piperidine rings is 2. The van der Waals surface area contributed by atoms with E-state index in [-0.39, 0.29) is 29.8 Å². The van der Waals surface area contributed by atoms with Crippen molar-refractivity contribution < 1.29 is 27.1 Å². The number of likely N-dealkylation sites (tertiary alicyclic amines) is 1. The van der Waals surface area contributed by atoms with Crippen LogP contribution in [0.1, 0.15) is 57.4 Å². The second kappa shape index (κ2) is 15.8. The van der Waals surface area contributed by atoms with Crippen molar-refractivity contribution in [1.29, 1.82) is 0 Å². The summed E-state index contributed by atoms with van der Waals surface area (Å²) in [6.07, 6.45) is 5.25. The first-order valence-corrected chi connectivity index (χ1v) is 18.1. The molecule has 0 bridgehead atoms. The third kappa shape index (κ3) is 9.61. The summed E-state index contributed by atoms with van der Waals surface area (Å²) < 4.78 is 44.7. The molecule has 1 atom stereocenters. The smallest absolute Gasteiger partial charge is 0.409 e. The zero-order valence-corrected chi connectivity index (χ0v) is 27.8. The van der Waals surface area contributed by atoms with Gasteiger partial charge in [-0.1, -0.05) is 26.0 Å². The molecule has 0 spiro atoms. The van der Waals surface area contributed by atoms with Crippen LogP contribution < -0.4 is 0 Å². The number of hydrogen-bond acceptors (Lipinski definition) is 7. The van der Waals surface area contributed by atoms with Gasteiger partial charge < -0.3 is 19.4 Å². The summed E-state index contributed by atoms with van der Waals surface area (Å²) in [6.45, 7) is 11.6. The van der Waals surface area contributed by atoms with Crippen LogP contribution in [0.4, 0.5) is 9.18 Å². The van der Waals surface area contributed by atoms with E-state index in [1.807, 2.05) is 6.07 Å². The highest BCUT2D eigenvalue weighted by Gasteiger charge is 2.33. The predicted molar refractivity (Wildman–Crippen MR) is 169 cm³/mol. The van der Waals surface area contributed by atoms with Crippen LogP contribution in [-0.2, 0) is 19.6 Å². The highest BCUT2D eigenvalue weighted by atomic mass is 32.2. The molecule has 3 aliphatic heterocycles. The molecule has 0 aliphatic carbocycles. The van der Waals surface area contributed by atoms with E-state index in [2.05, 4.69) is 28.5 Å². The van der Waals surface area contributed by atoms with E-state index in [0.29, 0.717) is 57.6 Å². The molecule has 0 N–H and O–H groups in total. The molecule has 3 aliphatic rings. The standard InChI is InChI=1S/C32H52FN5O5S/c1-25(2)23-38(31(39)24-35-18-20-36(21-19-35)32(40)43-3)29-10-13-34(14-11-29)15-12-30(27-6-5-7-28(33)22-27)26-8-16-37(17-9-26)44(4,41)42/h5-7,22,25-26,29-30H,8-21,23-24H2,1-4H3/t30-/m1/s1. The van der Waals surface area contributed by atoms with Crippen LogP contribution in [0.3, 0.4) is 0 Å². The Morgan fingerprint density at radius 1 is 0.977 bits per heavy atom. The second-order valence-electron chi connectivity index (χ2n) is 13.2. The number of carbonyl (C=O) groups is 2. The highest BCUT2D eigenvalue weighted by molar-refractivity contribution is 7.88. The van der Waals surface area contributed by atoms with Gasteiger partial charge in [-0.25, -0.2) is 21.9 Å². The molecule has 3 heterocycles. The van der Waals surface area contributed by atoms with Crippen molar-refractivity contribution in [3.05, 3.63) is 35.6 Å². The molecule has 3 saturated heterocycles. The summed E-state index contributed by atoms with van der Waals surface area (Å²) in [7, 11) is -1.81. The monoisotopic (exact) mass is 637 g/mol. The predicted octanol–water partition coefficient (Wildman–Crippen LogP) is 3.30. The lowest BCUT2D eigenvalue weighted by Gasteiger charge is -2.41. The third-order valence-corrected chi connectivity index (χ3v) is 10.9. The van der Waals surface area contributed by atoms with Gasteiger partial charge in [-0.15, -0.1) is 0 Å². The maximum absolute atomic E-state index is 14.2. The lowest BCUT2D eigenvalue weighted by Crippen LogP contribution is -2.54. The number of carbonyl (C=O) groups excluding carboxylic acids is 2. The largest absolute Gasteiger partial charge is 0.453 e. The van der Waals surface area contributed by atoms with Gasteiger partial charge in [0, 0.05) is 64.9 Å². The Kier molecular flexibility index (Phi) is 12.4. The van der Waals surface area contributed by atoms with Crippen molar-refractivity contribution in [3.63, 3.8) is 0 Å². The molecule has 44 heavy (non-hydrogen) atoms. The Hall–Kier alpha value is -2.28. The Morgan fingerprint density at radius 2 is 1.64 bits per heavy atom. The van der Waals surface area contributed by atoms with E-state index in [4.69, 9.17) is 4.74 Å². The molecule has 0 aromatic heterocycles. The molecule has 4 rings (SSSR count). The van der Waals surface area contributed by atoms with Crippen LogP contribution >= 0.6 is 0 Å². The number of sulfonamides is 1. The van der Waals surface area contributed by atoms with Crippen LogP contribution in [-0.4, -0.2) is 136 Å². The van der Waals surface area contributed by atoms with E-state index in [9.17, 15) is 22.4 Å². The maximum Gasteiger partial charge on any atom is 0.409 e. The van der Waals surface area contributed by atoms with Crippen molar-refractivity contribution in [2.45, 2.75) is 57.9 Å². The summed E-state index contributed by atoms with van der Waals surface area (Å²) in [4.78, 5) is 33.8. The van der Waals surface area contributed by atoms with Crippen molar-refractivity contribution in [1.82, 2.24) is 23.9 Å². The molecule has 10 nitrogen and oxygen atoms in total. The minimum Gasteiger partial charge on any atom is -0.453 e. The number of benzene rings is 1. The van der Waals surface area contributed by atoms with E-state index < -0.39 is 10.0 Å². The molecule has 3 fully saturated rings. The molecule has 0 saturated carbocycles. The number of rotatable bonds is 11. The second-order valence-corrected chi connectivity index (χ2v) is 15.2. The zero-order chi connectivity index (χ0) is 31.9.